The van der Waals surface area contributed by atoms with Gasteiger partial charge in [0.25, 0.3) is 0 Å². The average molecular weight is 491 g/mol. The van der Waals surface area contributed by atoms with E-state index in [1.54, 1.807) is 11.8 Å². The van der Waals surface area contributed by atoms with Crippen molar-refractivity contribution in [2.45, 2.75) is 24.7 Å². The third-order valence-corrected chi connectivity index (χ3v) is 4.56. The molecule has 0 unspecified atom stereocenters. The second-order valence-corrected chi connectivity index (χ2v) is 6.78. The van der Waals surface area contributed by atoms with Crippen molar-refractivity contribution in [1.29, 1.82) is 0 Å². The second kappa shape index (κ2) is 13.0. The number of guanidine groups is 1. The summed E-state index contributed by atoms with van der Waals surface area (Å²) in [4.78, 5) is 5.69. The van der Waals surface area contributed by atoms with E-state index in [0.717, 1.165) is 49.1 Å². The molecule has 8 heteroatoms. The quantitative estimate of drug-likeness (QED) is 0.186. The summed E-state index contributed by atoms with van der Waals surface area (Å²) in [6.45, 7) is 4.48. The van der Waals surface area contributed by atoms with E-state index < -0.39 is 0 Å². The molecular weight excluding hydrogens is 464 g/mol. The first kappa shape index (κ1) is 22.8. The molecule has 0 saturated heterocycles. The first-order valence-electron chi connectivity index (χ1n) is 8.55. The molecule has 5 nitrogen and oxygen atoms in total. The number of aromatic nitrogens is 2. The van der Waals surface area contributed by atoms with Gasteiger partial charge in [-0.3, -0.25) is 9.67 Å². The minimum atomic E-state index is -0.193. The molecule has 0 atom stereocenters. The Morgan fingerprint density at radius 1 is 1.27 bits per heavy atom. The van der Waals surface area contributed by atoms with Crippen LogP contribution in [0, 0.1) is 5.82 Å². The molecule has 0 radical (unpaired) electrons. The predicted octanol–water partition coefficient (Wildman–Crippen LogP) is 3.46. The van der Waals surface area contributed by atoms with Gasteiger partial charge in [0.05, 0.1) is 6.20 Å². The summed E-state index contributed by atoms with van der Waals surface area (Å²) < 4.78 is 14.7. The highest BCUT2D eigenvalue weighted by Crippen LogP contribution is 2.18. The summed E-state index contributed by atoms with van der Waals surface area (Å²) in [5.74, 6) is 1.62. The predicted molar refractivity (Wildman–Crippen MR) is 118 cm³/mol. The molecule has 0 bridgehead atoms. The zero-order chi connectivity index (χ0) is 17.9. The summed E-state index contributed by atoms with van der Waals surface area (Å²) >= 11 is 1.73. The molecule has 144 valence electrons. The molecule has 0 spiro atoms. The number of thioether (sulfide) groups is 1. The molecule has 0 fully saturated rings. The molecule has 2 N–H and O–H groups in total. The van der Waals surface area contributed by atoms with Crippen molar-refractivity contribution in [3.8, 4) is 0 Å². The van der Waals surface area contributed by atoms with Gasteiger partial charge in [-0.15, -0.1) is 35.7 Å². The van der Waals surface area contributed by atoms with Gasteiger partial charge in [0.2, 0.25) is 0 Å². The number of aliphatic imine (C=N–C) groups is 1. The minimum absolute atomic E-state index is 0. The molecule has 0 amide bonds. The lowest BCUT2D eigenvalue weighted by Crippen LogP contribution is -2.38. The van der Waals surface area contributed by atoms with Crippen LogP contribution in [-0.2, 0) is 13.5 Å². The second-order valence-electron chi connectivity index (χ2n) is 5.62. The van der Waals surface area contributed by atoms with E-state index in [-0.39, 0.29) is 29.8 Å². The van der Waals surface area contributed by atoms with Crippen molar-refractivity contribution in [3.63, 3.8) is 0 Å². The zero-order valence-electron chi connectivity index (χ0n) is 15.2. The smallest absolute Gasteiger partial charge is 0.191 e. The molecule has 0 aliphatic carbocycles. The minimum Gasteiger partial charge on any atom is -0.357 e. The highest BCUT2D eigenvalue weighted by atomic mass is 127. The fraction of sp³-hybridized carbons (Fsp3) is 0.444. The van der Waals surface area contributed by atoms with Crippen molar-refractivity contribution < 1.29 is 4.39 Å². The van der Waals surface area contributed by atoms with Gasteiger partial charge < -0.3 is 10.6 Å². The highest BCUT2D eigenvalue weighted by molar-refractivity contribution is 14.0. The van der Waals surface area contributed by atoms with Gasteiger partial charge in [-0.25, -0.2) is 4.39 Å². The monoisotopic (exact) mass is 491 g/mol. The van der Waals surface area contributed by atoms with Crippen molar-refractivity contribution in [2.24, 2.45) is 12.0 Å². The number of aryl methyl sites for hydroxylation is 1. The van der Waals surface area contributed by atoms with Gasteiger partial charge in [0.15, 0.2) is 5.96 Å². The third kappa shape index (κ3) is 8.88. The van der Waals surface area contributed by atoms with Crippen LogP contribution in [0.25, 0.3) is 0 Å². The average Bonchev–Trinajstić information content (AvgIpc) is 3.01. The summed E-state index contributed by atoms with van der Waals surface area (Å²) in [6, 6.07) is 6.62. The molecule has 0 saturated carbocycles. The number of hydrogen-bond acceptors (Lipinski definition) is 3. The van der Waals surface area contributed by atoms with Crippen LogP contribution in [-0.4, -0.2) is 41.1 Å². The van der Waals surface area contributed by atoms with E-state index in [9.17, 15) is 4.39 Å². The van der Waals surface area contributed by atoms with Crippen LogP contribution in [0.1, 0.15) is 18.9 Å². The third-order valence-electron chi connectivity index (χ3n) is 3.46. The van der Waals surface area contributed by atoms with Crippen molar-refractivity contribution >= 4 is 41.7 Å². The van der Waals surface area contributed by atoms with E-state index >= 15 is 0 Å². The fourth-order valence-corrected chi connectivity index (χ4v) is 3.08. The van der Waals surface area contributed by atoms with Crippen molar-refractivity contribution in [3.05, 3.63) is 48.0 Å². The molecular formula is C18H27FIN5S. The van der Waals surface area contributed by atoms with Gasteiger partial charge in [-0.05, 0) is 55.3 Å². The van der Waals surface area contributed by atoms with Gasteiger partial charge in [-0.1, -0.05) is 0 Å². The van der Waals surface area contributed by atoms with Crippen LogP contribution in [0.5, 0.6) is 0 Å². The Morgan fingerprint density at radius 2 is 2.04 bits per heavy atom. The Labute approximate surface area is 176 Å². The van der Waals surface area contributed by atoms with E-state index in [1.807, 2.05) is 36.3 Å². The van der Waals surface area contributed by atoms with Gasteiger partial charge in [0, 0.05) is 37.8 Å². The SMILES string of the molecule is CCNC(=NCCCSc1ccc(F)cc1)NCCc1cnn(C)c1.I. The number of benzene rings is 1. The highest BCUT2D eigenvalue weighted by Gasteiger charge is 2.00. The van der Waals surface area contributed by atoms with E-state index in [2.05, 4.69) is 27.6 Å². The van der Waals surface area contributed by atoms with Gasteiger partial charge in [0.1, 0.15) is 5.82 Å². The van der Waals surface area contributed by atoms with Gasteiger partial charge >= 0.3 is 0 Å². The standard InChI is InChI=1S/C18H26FN5S.HI/c1-3-20-18(22-11-9-15-13-23-24(2)14-15)21-10-4-12-25-17-7-5-16(19)6-8-17;/h5-8,13-14H,3-4,9-12H2,1-2H3,(H2,20,21,22);1H. The number of rotatable bonds is 9. The molecule has 1 aromatic heterocycles. The lowest BCUT2D eigenvalue weighted by Gasteiger charge is -2.10. The number of hydrogen-bond donors (Lipinski definition) is 2. The largest absolute Gasteiger partial charge is 0.357 e. The summed E-state index contributed by atoms with van der Waals surface area (Å²) in [6.07, 6.45) is 5.80. The first-order chi connectivity index (χ1) is 12.2. The maximum atomic E-state index is 12.9. The van der Waals surface area contributed by atoms with Crippen LogP contribution in [0.3, 0.4) is 0 Å². The van der Waals surface area contributed by atoms with Crippen molar-refractivity contribution in [2.75, 3.05) is 25.4 Å². The van der Waals surface area contributed by atoms with Crippen LogP contribution >= 0.6 is 35.7 Å². The van der Waals surface area contributed by atoms with Crippen molar-refractivity contribution in [1.82, 2.24) is 20.4 Å². The van der Waals surface area contributed by atoms with Crippen LogP contribution < -0.4 is 10.6 Å². The van der Waals surface area contributed by atoms with E-state index in [0.29, 0.717) is 0 Å². The zero-order valence-corrected chi connectivity index (χ0v) is 18.4. The molecule has 26 heavy (non-hydrogen) atoms. The Morgan fingerprint density at radius 3 is 2.69 bits per heavy atom. The van der Waals surface area contributed by atoms with Crippen LogP contribution in [0.4, 0.5) is 4.39 Å². The lowest BCUT2D eigenvalue weighted by molar-refractivity contribution is 0.626. The fourth-order valence-electron chi connectivity index (χ4n) is 2.24. The molecule has 1 heterocycles. The van der Waals surface area contributed by atoms with E-state index in [1.165, 1.54) is 17.7 Å². The van der Waals surface area contributed by atoms with E-state index in [4.69, 9.17) is 0 Å². The summed E-state index contributed by atoms with van der Waals surface area (Å²) in [5, 5.41) is 10.8. The molecule has 0 aliphatic heterocycles. The van der Waals surface area contributed by atoms with Gasteiger partial charge in [-0.2, -0.15) is 5.10 Å². The Kier molecular flexibility index (Phi) is 11.3. The first-order valence-corrected chi connectivity index (χ1v) is 9.54. The molecule has 2 rings (SSSR count). The van der Waals surface area contributed by atoms with Crippen LogP contribution in [0.2, 0.25) is 0 Å². The number of nitrogens with one attached hydrogen (secondary N) is 2. The molecule has 1 aromatic carbocycles. The normalized spacial score (nSPS) is 11.1. The van der Waals surface area contributed by atoms with Crippen LogP contribution in [0.15, 0.2) is 46.5 Å². The molecule has 2 aromatic rings. The number of nitrogens with zero attached hydrogens (tertiary/aromatic N) is 3. The summed E-state index contributed by atoms with van der Waals surface area (Å²) in [5.41, 5.74) is 1.21. The molecule has 0 aliphatic rings. The Bertz CT molecular complexity index is 660. The maximum absolute atomic E-state index is 12.9. The topological polar surface area (TPSA) is 54.2 Å². The lowest BCUT2D eigenvalue weighted by atomic mass is 10.2. The maximum Gasteiger partial charge on any atom is 0.191 e. The Balaban J connectivity index is 0.00000338. The Hall–Kier alpha value is -1.29. The number of halogens is 2. The summed E-state index contributed by atoms with van der Waals surface area (Å²) in [7, 11) is 1.92.